The fraction of sp³-hybridized carbons (Fsp3) is 0.0500. The van der Waals surface area contributed by atoms with Gasteiger partial charge in [0.05, 0.1) is 0 Å². The fourth-order valence-corrected chi connectivity index (χ4v) is 2.28. The molecule has 0 aliphatic carbocycles. The van der Waals surface area contributed by atoms with Crippen LogP contribution in [0.15, 0.2) is 78.9 Å². The highest BCUT2D eigenvalue weighted by molar-refractivity contribution is 6.09. The Hall–Kier alpha value is -2.87. The molecule has 0 fully saturated rings. The lowest BCUT2D eigenvalue weighted by molar-refractivity contribution is 0.103. The maximum Gasteiger partial charge on any atom is 0.193 e. The Kier molecular flexibility index (Phi) is 4.01. The monoisotopic (exact) mass is 288 g/mol. The minimum absolute atomic E-state index is 0.0318. The van der Waals surface area contributed by atoms with Gasteiger partial charge in [0.15, 0.2) is 5.78 Å². The number of carbonyl (C=O) groups excluding carboxylic acids is 1. The van der Waals surface area contributed by atoms with Gasteiger partial charge in [-0.25, -0.2) is 0 Å². The molecule has 0 N–H and O–H groups in total. The van der Waals surface area contributed by atoms with Gasteiger partial charge >= 0.3 is 0 Å². The van der Waals surface area contributed by atoms with Gasteiger partial charge in [-0.15, -0.1) is 0 Å². The van der Waals surface area contributed by atoms with E-state index in [2.05, 4.69) is 0 Å². The first-order valence-electron chi connectivity index (χ1n) is 7.17. The highest BCUT2D eigenvalue weighted by Crippen LogP contribution is 2.22. The van der Waals surface area contributed by atoms with Gasteiger partial charge in [0.2, 0.25) is 0 Å². The summed E-state index contributed by atoms with van der Waals surface area (Å²) in [6.07, 6.45) is 0. The molecule has 2 heteroatoms. The molecule has 0 saturated carbocycles. The second-order valence-electron chi connectivity index (χ2n) is 5.08. The third-order valence-corrected chi connectivity index (χ3v) is 3.49. The van der Waals surface area contributed by atoms with Crippen LogP contribution in [0.4, 0.5) is 0 Å². The molecule has 3 aromatic carbocycles. The first kappa shape index (κ1) is 14.1. The van der Waals surface area contributed by atoms with Gasteiger partial charge in [-0.2, -0.15) is 0 Å². The summed E-state index contributed by atoms with van der Waals surface area (Å²) < 4.78 is 5.73. The van der Waals surface area contributed by atoms with Gasteiger partial charge in [0.25, 0.3) is 0 Å². The lowest BCUT2D eigenvalue weighted by atomic mass is 9.99. The van der Waals surface area contributed by atoms with Crippen molar-refractivity contribution in [2.45, 2.75) is 6.92 Å². The largest absolute Gasteiger partial charge is 0.457 e. The summed E-state index contributed by atoms with van der Waals surface area (Å²) in [6.45, 7) is 1.94. The highest BCUT2D eigenvalue weighted by atomic mass is 16.5. The molecule has 3 rings (SSSR count). The molecule has 22 heavy (non-hydrogen) atoms. The van der Waals surface area contributed by atoms with Crippen LogP contribution in [0.25, 0.3) is 0 Å². The Labute approximate surface area is 130 Å². The molecule has 0 aliphatic heterocycles. The van der Waals surface area contributed by atoms with Gasteiger partial charge in [-0.3, -0.25) is 4.79 Å². The minimum atomic E-state index is 0.0318. The summed E-state index contributed by atoms with van der Waals surface area (Å²) in [5.41, 5.74) is 2.38. The van der Waals surface area contributed by atoms with Gasteiger partial charge in [-0.1, -0.05) is 42.5 Å². The number of carbonyl (C=O) groups is 1. The Morgan fingerprint density at radius 3 is 2.00 bits per heavy atom. The molecule has 0 spiro atoms. The van der Waals surface area contributed by atoms with Crippen molar-refractivity contribution >= 4 is 5.78 Å². The molecule has 0 atom stereocenters. The van der Waals surface area contributed by atoms with E-state index in [1.165, 1.54) is 0 Å². The molecule has 0 amide bonds. The van der Waals surface area contributed by atoms with E-state index in [4.69, 9.17) is 4.74 Å². The molecule has 0 bridgehead atoms. The normalized spacial score (nSPS) is 10.2. The quantitative estimate of drug-likeness (QED) is 0.630. The van der Waals surface area contributed by atoms with Crippen LogP contribution in [0, 0.1) is 6.92 Å². The Morgan fingerprint density at radius 1 is 0.727 bits per heavy atom. The zero-order valence-corrected chi connectivity index (χ0v) is 12.3. The number of rotatable bonds is 4. The molecule has 108 valence electrons. The van der Waals surface area contributed by atoms with Crippen LogP contribution in [-0.4, -0.2) is 5.78 Å². The lowest BCUT2D eigenvalue weighted by Gasteiger charge is -2.07. The summed E-state index contributed by atoms with van der Waals surface area (Å²) in [7, 11) is 0. The Bertz CT molecular complexity index is 774. The molecule has 0 heterocycles. The summed E-state index contributed by atoms with van der Waals surface area (Å²) in [6, 6.07) is 24.4. The molecule has 3 aromatic rings. The van der Waals surface area contributed by atoms with Crippen molar-refractivity contribution in [1.29, 1.82) is 0 Å². The first-order chi connectivity index (χ1) is 10.7. The first-order valence-corrected chi connectivity index (χ1v) is 7.17. The van der Waals surface area contributed by atoms with Crippen LogP contribution in [-0.2, 0) is 0 Å². The van der Waals surface area contributed by atoms with Gasteiger partial charge in [-0.05, 0) is 48.9 Å². The Balaban J connectivity index is 1.80. The summed E-state index contributed by atoms with van der Waals surface area (Å²) in [5, 5.41) is 0. The predicted molar refractivity (Wildman–Crippen MR) is 87.6 cm³/mol. The highest BCUT2D eigenvalue weighted by Gasteiger charge is 2.11. The van der Waals surface area contributed by atoms with Gasteiger partial charge in [0.1, 0.15) is 11.5 Å². The molecular weight excluding hydrogens is 272 g/mol. The maximum absolute atomic E-state index is 12.5. The van der Waals surface area contributed by atoms with Crippen molar-refractivity contribution < 1.29 is 9.53 Å². The molecule has 0 unspecified atom stereocenters. The topological polar surface area (TPSA) is 26.3 Å². The number of benzene rings is 3. The van der Waals surface area contributed by atoms with Crippen molar-refractivity contribution in [3.8, 4) is 11.5 Å². The number of ether oxygens (including phenoxy) is 1. The standard InChI is InChI=1S/C20H16O2/c1-15-7-5-6-10-19(15)20(21)16-11-13-18(14-12-16)22-17-8-3-2-4-9-17/h2-14H,1H3. The fourth-order valence-electron chi connectivity index (χ4n) is 2.28. The molecule has 2 nitrogen and oxygen atoms in total. The molecular formula is C20H16O2. The van der Waals surface area contributed by atoms with E-state index in [1.807, 2.05) is 73.7 Å². The molecule has 0 aliphatic rings. The summed E-state index contributed by atoms with van der Waals surface area (Å²) in [4.78, 5) is 12.5. The van der Waals surface area contributed by atoms with Crippen molar-refractivity contribution in [3.63, 3.8) is 0 Å². The van der Waals surface area contributed by atoms with E-state index in [-0.39, 0.29) is 5.78 Å². The van der Waals surface area contributed by atoms with Crippen LogP contribution in [0.2, 0.25) is 0 Å². The molecule has 0 saturated heterocycles. The summed E-state index contributed by atoms with van der Waals surface area (Å²) in [5.74, 6) is 1.53. The maximum atomic E-state index is 12.5. The summed E-state index contributed by atoms with van der Waals surface area (Å²) >= 11 is 0. The van der Waals surface area contributed by atoms with E-state index < -0.39 is 0 Å². The molecule has 0 radical (unpaired) electrons. The van der Waals surface area contributed by atoms with Crippen LogP contribution >= 0.6 is 0 Å². The number of hydrogen-bond acceptors (Lipinski definition) is 2. The van der Waals surface area contributed by atoms with Crippen LogP contribution < -0.4 is 4.74 Å². The van der Waals surface area contributed by atoms with Crippen LogP contribution in [0.5, 0.6) is 11.5 Å². The predicted octanol–water partition coefficient (Wildman–Crippen LogP) is 5.02. The average molecular weight is 288 g/mol. The van der Waals surface area contributed by atoms with E-state index in [9.17, 15) is 4.79 Å². The van der Waals surface area contributed by atoms with E-state index in [0.29, 0.717) is 11.3 Å². The SMILES string of the molecule is Cc1ccccc1C(=O)c1ccc(Oc2ccccc2)cc1. The average Bonchev–Trinajstić information content (AvgIpc) is 2.56. The number of ketones is 1. The van der Waals surface area contributed by atoms with E-state index in [1.54, 1.807) is 12.1 Å². The second kappa shape index (κ2) is 6.27. The lowest BCUT2D eigenvalue weighted by Crippen LogP contribution is -2.03. The van der Waals surface area contributed by atoms with Crippen LogP contribution in [0.1, 0.15) is 21.5 Å². The van der Waals surface area contributed by atoms with E-state index >= 15 is 0 Å². The second-order valence-corrected chi connectivity index (χ2v) is 5.08. The van der Waals surface area contributed by atoms with Crippen LogP contribution in [0.3, 0.4) is 0 Å². The molecule has 0 aromatic heterocycles. The zero-order valence-electron chi connectivity index (χ0n) is 12.3. The van der Waals surface area contributed by atoms with Crippen molar-refractivity contribution in [1.82, 2.24) is 0 Å². The smallest absolute Gasteiger partial charge is 0.193 e. The minimum Gasteiger partial charge on any atom is -0.457 e. The number of aryl methyl sites for hydroxylation is 1. The third kappa shape index (κ3) is 3.07. The van der Waals surface area contributed by atoms with Crippen molar-refractivity contribution in [2.24, 2.45) is 0 Å². The van der Waals surface area contributed by atoms with Gasteiger partial charge in [0, 0.05) is 11.1 Å². The van der Waals surface area contributed by atoms with Gasteiger partial charge < -0.3 is 4.74 Å². The van der Waals surface area contributed by atoms with Crippen molar-refractivity contribution in [2.75, 3.05) is 0 Å². The number of hydrogen-bond donors (Lipinski definition) is 0. The number of para-hydroxylation sites is 1. The zero-order chi connectivity index (χ0) is 15.4. The third-order valence-electron chi connectivity index (χ3n) is 3.49. The van der Waals surface area contributed by atoms with Crippen molar-refractivity contribution in [3.05, 3.63) is 95.6 Å². The Morgan fingerprint density at radius 2 is 1.32 bits per heavy atom. The van der Waals surface area contributed by atoms with E-state index in [0.717, 1.165) is 16.9 Å².